The van der Waals surface area contributed by atoms with Crippen molar-refractivity contribution in [2.45, 2.75) is 19.3 Å². The van der Waals surface area contributed by atoms with E-state index in [1.807, 2.05) is 12.1 Å². The Morgan fingerprint density at radius 1 is 1.04 bits per heavy atom. The zero-order valence-electron chi connectivity index (χ0n) is 13.5. The predicted octanol–water partition coefficient (Wildman–Crippen LogP) is 4.53. The number of halogens is 1. The van der Waals surface area contributed by atoms with E-state index in [-0.39, 0.29) is 6.03 Å². The highest BCUT2D eigenvalue weighted by molar-refractivity contribution is 6.30. The second-order valence-electron chi connectivity index (χ2n) is 6.18. The van der Waals surface area contributed by atoms with Gasteiger partial charge >= 0.3 is 6.03 Å². The van der Waals surface area contributed by atoms with Gasteiger partial charge in [0.25, 0.3) is 0 Å². The lowest BCUT2D eigenvalue weighted by molar-refractivity contribution is 0.262. The van der Waals surface area contributed by atoms with Gasteiger partial charge in [-0.15, -0.1) is 0 Å². The van der Waals surface area contributed by atoms with Gasteiger partial charge in [0.05, 0.1) is 0 Å². The minimum Gasteiger partial charge on any atom is -0.316 e. The van der Waals surface area contributed by atoms with Gasteiger partial charge < -0.3 is 16.0 Å². The second-order valence-corrected chi connectivity index (χ2v) is 6.62. The Labute approximate surface area is 147 Å². The molecule has 3 N–H and O–H groups in total. The molecule has 24 heavy (non-hydrogen) atoms. The normalized spacial score (nSPS) is 16.8. The smallest absolute Gasteiger partial charge is 0.316 e. The van der Waals surface area contributed by atoms with E-state index < -0.39 is 0 Å². The second kappa shape index (κ2) is 8.18. The first-order chi connectivity index (χ1) is 11.7. The van der Waals surface area contributed by atoms with Gasteiger partial charge in [0.1, 0.15) is 0 Å². The number of nitrogens with one attached hydrogen (secondary N) is 3. The predicted molar refractivity (Wildman–Crippen MR) is 99.8 cm³/mol. The third-order valence-electron chi connectivity index (χ3n) is 4.32. The van der Waals surface area contributed by atoms with Crippen LogP contribution in [0, 0.1) is 5.92 Å². The number of urea groups is 1. The molecule has 1 fully saturated rings. The molecule has 2 amide bonds. The third-order valence-corrected chi connectivity index (χ3v) is 4.57. The van der Waals surface area contributed by atoms with Crippen LogP contribution in [0.2, 0.25) is 5.02 Å². The van der Waals surface area contributed by atoms with E-state index in [9.17, 15) is 4.79 Å². The van der Waals surface area contributed by atoms with Crippen LogP contribution in [0.15, 0.2) is 48.5 Å². The van der Waals surface area contributed by atoms with E-state index in [1.165, 1.54) is 18.4 Å². The fourth-order valence-corrected chi connectivity index (χ4v) is 3.04. The number of amides is 2. The van der Waals surface area contributed by atoms with Gasteiger partial charge in [0.2, 0.25) is 0 Å². The SMILES string of the molecule is O=C(Nc1ccc(Cl)cc1)Nc1ccc(CC[C@H]2CCNC2)cc1. The number of aryl methyl sites for hydroxylation is 1. The Morgan fingerprint density at radius 3 is 2.25 bits per heavy atom. The van der Waals surface area contributed by atoms with Gasteiger partial charge in [-0.1, -0.05) is 23.7 Å². The molecule has 0 aromatic heterocycles. The van der Waals surface area contributed by atoms with Crippen LogP contribution in [0.5, 0.6) is 0 Å². The molecule has 1 aliphatic rings. The number of carbonyl (C=O) groups is 1. The van der Waals surface area contributed by atoms with Crippen molar-refractivity contribution in [2.24, 2.45) is 5.92 Å². The number of carbonyl (C=O) groups excluding carboxylic acids is 1. The van der Waals surface area contributed by atoms with Crippen molar-refractivity contribution >= 4 is 29.0 Å². The zero-order valence-corrected chi connectivity index (χ0v) is 14.3. The Morgan fingerprint density at radius 2 is 1.67 bits per heavy atom. The lowest BCUT2D eigenvalue weighted by atomic mass is 9.99. The summed E-state index contributed by atoms with van der Waals surface area (Å²) in [6, 6.07) is 14.8. The molecule has 0 bridgehead atoms. The van der Waals surface area contributed by atoms with E-state index in [4.69, 9.17) is 11.6 Å². The summed E-state index contributed by atoms with van der Waals surface area (Å²) in [5.41, 5.74) is 2.80. The summed E-state index contributed by atoms with van der Waals surface area (Å²) < 4.78 is 0. The molecular formula is C19H22ClN3O. The molecule has 0 aliphatic carbocycles. The Bertz CT molecular complexity index is 664. The fourth-order valence-electron chi connectivity index (χ4n) is 2.91. The number of hydrogen-bond donors (Lipinski definition) is 3. The highest BCUT2D eigenvalue weighted by Crippen LogP contribution is 2.18. The molecule has 0 saturated carbocycles. The van der Waals surface area contributed by atoms with Gasteiger partial charge in [-0.3, -0.25) is 0 Å². The maximum absolute atomic E-state index is 12.0. The monoisotopic (exact) mass is 343 g/mol. The first-order valence-electron chi connectivity index (χ1n) is 8.32. The number of hydrogen-bond acceptors (Lipinski definition) is 2. The topological polar surface area (TPSA) is 53.2 Å². The van der Waals surface area contributed by atoms with E-state index in [2.05, 4.69) is 28.1 Å². The summed E-state index contributed by atoms with van der Waals surface area (Å²) in [6.45, 7) is 2.29. The largest absolute Gasteiger partial charge is 0.323 e. The minimum atomic E-state index is -0.262. The summed E-state index contributed by atoms with van der Waals surface area (Å²) in [4.78, 5) is 12.0. The number of benzene rings is 2. The van der Waals surface area contributed by atoms with Crippen LogP contribution in [0.25, 0.3) is 0 Å². The van der Waals surface area contributed by atoms with Gasteiger partial charge in [-0.05, 0) is 80.2 Å². The van der Waals surface area contributed by atoms with Gasteiger partial charge in [0.15, 0.2) is 0 Å². The Hall–Kier alpha value is -2.04. The fraction of sp³-hybridized carbons (Fsp3) is 0.316. The Balaban J connectivity index is 1.47. The molecular weight excluding hydrogens is 322 g/mol. The van der Waals surface area contributed by atoms with Crippen molar-refractivity contribution in [3.8, 4) is 0 Å². The Kier molecular flexibility index (Phi) is 5.72. The van der Waals surface area contributed by atoms with Crippen molar-refractivity contribution in [3.05, 3.63) is 59.1 Å². The molecule has 1 aliphatic heterocycles. The van der Waals surface area contributed by atoms with E-state index >= 15 is 0 Å². The van der Waals surface area contributed by atoms with Crippen LogP contribution in [0.1, 0.15) is 18.4 Å². The summed E-state index contributed by atoms with van der Waals surface area (Å²) in [5.74, 6) is 0.799. The third kappa shape index (κ3) is 4.98. The molecule has 2 aromatic carbocycles. The summed E-state index contributed by atoms with van der Waals surface area (Å²) in [5, 5.41) is 9.66. The van der Waals surface area contributed by atoms with Crippen LogP contribution in [-0.4, -0.2) is 19.1 Å². The number of rotatable bonds is 5. The molecule has 0 spiro atoms. The molecule has 4 nitrogen and oxygen atoms in total. The van der Waals surface area contributed by atoms with Crippen LogP contribution >= 0.6 is 11.6 Å². The summed E-state index contributed by atoms with van der Waals surface area (Å²) >= 11 is 5.83. The van der Waals surface area contributed by atoms with Crippen LogP contribution in [-0.2, 0) is 6.42 Å². The van der Waals surface area contributed by atoms with E-state index in [1.54, 1.807) is 24.3 Å². The van der Waals surface area contributed by atoms with Crippen molar-refractivity contribution in [1.82, 2.24) is 5.32 Å². The van der Waals surface area contributed by atoms with Crippen molar-refractivity contribution in [2.75, 3.05) is 23.7 Å². The molecule has 126 valence electrons. The van der Waals surface area contributed by atoms with Gasteiger partial charge in [-0.2, -0.15) is 0 Å². The molecule has 0 unspecified atom stereocenters. The van der Waals surface area contributed by atoms with Crippen molar-refractivity contribution in [3.63, 3.8) is 0 Å². The van der Waals surface area contributed by atoms with E-state index in [0.717, 1.165) is 31.1 Å². The average Bonchev–Trinajstić information content (AvgIpc) is 3.10. The van der Waals surface area contributed by atoms with E-state index in [0.29, 0.717) is 10.7 Å². The van der Waals surface area contributed by atoms with Gasteiger partial charge in [-0.25, -0.2) is 4.79 Å². The standard InChI is InChI=1S/C19H22ClN3O/c20-16-5-9-18(10-6-16)23-19(24)22-17-7-3-14(4-8-17)1-2-15-11-12-21-13-15/h3-10,15,21H,1-2,11-13H2,(H2,22,23,24)/t15-/m0/s1. The molecule has 1 atom stereocenters. The first-order valence-corrected chi connectivity index (χ1v) is 8.70. The van der Waals surface area contributed by atoms with Crippen molar-refractivity contribution in [1.29, 1.82) is 0 Å². The van der Waals surface area contributed by atoms with Crippen LogP contribution < -0.4 is 16.0 Å². The zero-order chi connectivity index (χ0) is 16.8. The van der Waals surface area contributed by atoms with Gasteiger partial charge in [0, 0.05) is 16.4 Å². The maximum Gasteiger partial charge on any atom is 0.323 e. The molecule has 3 rings (SSSR count). The summed E-state index contributed by atoms with van der Waals surface area (Å²) in [7, 11) is 0. The lowest BCUT2D eigenvalue weighted by Gasteiger charge is -2.10. The maximum atomic E-state index is 12.0. The van der Waals surface area contributed by atoms with Crippen LogP contribution in [0.4, 0.5) is 16.2 Å². The lowest BCUT2D eigenvalue weighted by Crippen LogP contribution is -2.19. The number of anilines is 2. The molecule has 1 saturated heterocycles. The highest BCUT2D eigenvalue weighted by Gasteiger charge is 2.13. The molecule has 1 heterocycles. The highest BCUT2D eigenvalue weighted by atomic mass is 35.5. The minimum absolute atomic E-state index is 0.262. The van der Waals surface area contributed by atoms with Crippen molar-refractivity contribution < 1.29 is 4.79 Å². The van der Waals surface area contributed by atoms with Crippen LogP contribution in [0.3, 0.4) is 0 Å². The quantitative estimate of drug-likeness (QED) is 0.747. The molecule has 2 aromatic rings. The summed E-state index contributed by atoms with van der Waals surface area (Å²) in [6.07, 6.45) is 3.59. The first kappa shape index (κ1) is 16.8. The molecule has 5 heteroatoms. The average molecular weight is 344 g/mol. The molecule has 0 radical (unpaired) electrons.